The van der Waals surface area contributed by atoms with Crippen LogP contribution < -0.4 is 10.2 Å². The lowest BCUT2D eigenvalue weighted by Crippen LogP contribution is -2.52. The molecule has 42 heavy (non-hydrogen) atoms. The van der Waals surface area contributed by atoms with E-state index in [2.05, 4.69) is 20.3 Å². The molecular formula is C28H31ClFN7O4S. The maximum atomic E-state index is 15.3. The average molecular weight is 616 g/mol. The van der Waals surface area contributed by atoms with E-state index in [1.807, 2.05) is 13.8 Å². The van der Waals surface area contributed by atoms with Gasteiger partial charge in [0.2, 0.25) is 21.9 Å². The third kappa shape index (κ3) is 5.82. The van der Waals surface area contributed by atoms with Gasteiger partial charge in [0.15, 0.2) is 5.82 Å². The van der Waals surface area contributed by atoms with Gasteiger partial charge in [0, 0.05) is 36.1 Å². The molecule has 0 unspecified atom stereocenters. The molecule has 2 N–H and O–H groups in total. The third-order valence-corrected chi connectivity index (χ3v) is 8.45. The van der Waals surface area contributed by atoms with Crippen LogP contribution in [0.5, 0.6) is 0 Å². The molecule has 3 heterocycles. The Balaban J connectivity index is 1.42. The molecule has 2 aromatic carbocycles. The van der Waals surface area contributed by atoms with Gasteiger partial charge in [-0.2, -0.15) is 4.31 Å². The highest BCUT2D eigenvalue weighted by atomic mass is 35.5. The molecule has 5 rings (SSSR count). The first-order chi connectivity index (χ1) is 19.6. The zero-order chi connectivity index (χ0) is 30.6. The second kappa shape index (κ2) is 10.9. The summed E-state index contributed by atoms with van der Waals surface area (Å²) >= 11 is 6.46. The monoisotopic (exact) mass is 615 g/mol. The Kier molecular flexibility index (Phi) is 7.73. The number of fused-ring (bicyclic) bond motifs is 1. The minimum absolute atomic E-state index is 0.106. The number of benzene rings is 2. The molecule has 0 spiro atoms. The second-order valence-corrected chi connectivity index (χ2v) is 13.4. The van der Waals surface area contributed by atoms with Crippen molar-refractivity contribution in [2.75, 3.05) is 36.1 Å². The minimum atomic E-state index is -3.44. The highest BCUT2D eigenvalue weighted by Crippen LogP contribution is 2.35. The Morgan fingerprint density at radius 1 is 1.12 bits per heavy atom. The fraction of sp³-hybridized carbons (Fsp3) is 0.357. The molecule has 0 radical (unpaired) electrons. The van der Waals surface area contributed by atoms with E-state index in [1.54, 1.807) is 48.7 Å². The van der Waals surface area contributed by atoms with Crippen molar-refractivity contribution in [1.29, 1.82) is 0 Å². The number of imidazole rings is 1. The average Bonchev–Trinajstić information content (AvgIpc) is 3.31. The number of halogens is 2. The molecule has 1 amide bonds. The van der Waals surface area contributed by atoms with Crippen LogP contribution in [-0.4, -0.2) is 69.1 Å². The molecule has 1 saturated heterocycles. The Morgan fingerprint density at radius 2 is 1.81 bits per heavy atom. The van der Waals surface area contributed by atoms with Crippen molar-refractivity contribution < 1.29 is 22.7 Å². The number of hydrogen-bond acceptors (Lipinski definition) is 8. The molecule has 0 aliphatic carbocycles. The fourth-order valence-electron chi connectivity index (χ4n) is 4.94. The normalized spacial score (nSPS) is 15.2. The van der Waals surface area contributed by atoms with E-state index in [1.165, 1.54) is 17.2 Å². The molecule has 1 aliphatic heterocycles. The fourth-order valence-corrected chi connectivity index (χ4v) is 5.89. The highest BCUT2D eigenvalue weighted by molar-refractivity contribution is 7.88. The summed E-state index contributed by atoms with van der Waals surface area (Å²) in [6.07, 6.45) is 2.51. The van der Waals surface area contributed by atoms with Gasteiger partial charge in [-0.3, -0.25) is 4.79 Å². The van der Waals surface area contributed by atoms with Crippen LogP contribution in [0, 0.1) is 5.82 Å². The first-order valence-corrected chi connectivity index (χ1v) is 15.5. The number of anilines is 3. The van der Waals surface area contributed by atoms with Crippen LogP contribution in [0.1, 0.15) is 39.6 Å². The molecule has 222 valence electrons. The number of nitrogens with zero attached hydrogens (tertiary/aromatic N) is 6. The lowest BCUT2D eigenvalue weighted by atomic mass is 10.1. The van der Waals surface area contributed by atoms with Gasteiger partial charge in [-0.25, -0.2) is 27.8 Å². The van der Waals surface area contributed by atoms with Crippen LogP contribution in [0.25, 0.3) is 22.3 Å². The second-order valence-electron chi connectivity index (χ2n) is 11.0. The quantitative estimate of drug-likeness (QED) is 0.312. The van der Waals surface area contributed by atoms with Crippen molar-refractivity contribution >= 4 is 55.9 Å². The van der Waals surface area contributed by atoms with E-state index in [0.717, 1.165) is 10.6 Å². The lowest BCUT2D eigenvalue weighted by molar-refractivity contribution is -0.119. The van der Waals surface area contributed by atoms with Gasteiger partial charge in [0.1, 0.15) is 16.9 Å². The topological polar surface area (TPSA) is 134 Å². The number of rotatable bonds is 7. The molecule has 2 aromatic heterocycles. The first kappa shape index (κ1) is 29.8. The summed E-state index contributed by atoms with van der Waals surface area (Å²) in [6.45, 7) is 7.33. The third-order valence-electron chi connectivity index (χ3n) is 6.92. The smallest absolute Gasteiger partial charge is 0.242 e. The van der Waals surface area contributed by atoms with E-state index in [9.17, 15) is 18.3 Å². The lowest BCUT2D eigenvalue weighted by Gasteiger charge is -2.33. The van der Waals surface area contributed by atoms with Crippen LogP contribution in [-0.2, 0) is 20.4 Å². The summed E-state index contributed by atoms with van der Waals surface area (Å²) in [5.41, 5.74) is 1.35. The number of aliphatic hydroxyl groups is 1. The van der Waals surface area contributed by atoms with Gasteiger partial charge in [0.05, 0.1) is 35.2 Å². The Bertz CT molecular complexity index is 1790. The van der Waals surface area contributed by atoms with Crippen molar-refractivity contribution in [3.05, 3.63) is 59.3 Å². The van der Waals surface area contributed by atoms with Gasteiger partial charge in [-0.15, -0.1) is 0 Å². The van der Waals surface area contributed by atoms with Crippen molar-refractivity contribution in [1.82, 2.24) is 23.8 Å². The van der Waals surface area contributed by atoms with Crippen LogP contribution in [0.15, 0.2) is 42.6 Å². The Morgan fingerprint density at radius 3 is 2.40 bits per heavy atom. The zero-order valence-corrected chi connectivity index (χ0v) is 25.3. The van der Waals surface area contributed by atoms with Gasteiger partial charge in [-0.1, -0.05) is 11.6 Å². The number of piperazine rings is 1. The van der Waals surface area contributed by atoms with Gasteiger partial charge in [0.25, 0.3) is 0 Å². The number of carbonyl (C=O) groups excluding carboxylic acids is 1. The molecule has 0 bridgehead atoms. The summed E-state index contributed by atoms with van der Waals surface area (Å²) in [4.78, 5) is 27.3. The Labute approximate surface area is 248 Å². The van der Waals surface area contributed by atoms with Crippen molar-refractivity contribution in [3.8, 4) is 11.3 Å². The van der Waals surface area contributed by atoms with Crippen LogP contribution in [0.3, 0.4) is 0 Å². The molecule has 0 saturated carbocycles. The molecule has 14 heteroatoms. The van der Waals surface area contributed by atoms with Crippen molar-refractivity contribution in [2.45, 2.75) is 39.3 Å². The number of sulfonamides is 1. The first-order valence-electron chi connectivity index (χ1n) is 13.2. The molecule has 1 fully saturated rings. The number of nitrogens with one attached hydrogen (secondary N) is 1. The SMILES string of the molecule is CC(C)n1c(C(C)(C)O)nc2c(F)cc(-c3nc(Nc4ccc(N5CCN(S(C)(=O)=O)CC5=O)cc4)ncc3Cl)cc21. The summed E-state index contributed by atoms with van der Waals surface area (Å²) in [7, 11) is -3.44. The number of carbonyl (C=O) groups is 1. The maximum Gasteiger partial charge on any atom is 0.242 e. The highest BCUT2D eigenvalue weighted by Gasteiger charge is 2.30. The van der Waals surface area contributed by atoms with E-state index < -0.39 is 21.4 Å². The van der Waals surface area contributed by atoms with Crippen molar-refractivity contribution in [3.63, 3.8) is 0 Å². The molecule has 0 atom stereocenters. The Hall–Kier alpha value is -3.65. The van der Waals surface area contributed by atoms with Crippen LogP contribution in [0.4, 0.5) is 21.7 Å². The molecule has 4 aromatic rings. The summed E-state index contributed by atoms with van der Waals surface area (Å²) in [5, 5.41) is 14.0. The van der Waals surface area contributed by atoms with Crippen LogP contribution >= 0.6 is 11.6 Å². The molecular weight excluding hydrogens is 585 g/mol. The summed E-state index contributed by atoms with van der Waals surface area (Å²) < 4.78 is 41.8. The van der Waals surface area contributed by atoms with E-state index in [-0.39, 0.29) is 48.1 Å². The van der Waals surface area contributed by atoms with E-state index >= 15 is 4.39 Å². The largest absolute Gasteiger partial charge is 0.383 e. The van der Waals surface area contributed by atoms with Gasteiger partial charge < -0.3 is 19.9 Å². The van der Waals surface area contributed by atoms with E-state index in [0.29, 0.717) is 34.0 Å². The minimum Gasteiger partial charge on any atom is -0.383 e. The van der Waals surface area contributed by atoms with Crippen LogP contribution in [0.2, 0.25) is 5.02 Å². The standard InChI is InChI=1S/C28H31ClFN7O4S/c1-16(2)37-22-13-17(12-21(30)25(22)33-26(37)28(3,4)39)24-20(29)14-31-27(34-24)32-18-6-8-19(9-7-18)36-11-10-35(15-23(36)38)42(5,40)41/h6-9,12-14,16,39H,10-11,15H2,1-5H3,(H,31,32,34). The molecule has 11 nitrogen and oxygen atoms in total. The summed E-state index contributed by atoms with van der Waals surface area (Å²) in [6, 6.07) is 9.91. The number of amides is 1. The van der Waals surface area contributed by atoms with Gasteiger partial charge >= 0.3 is 0 Å². The predicted molar refractivity (Wildman–Crippen MR) is 160 cm³/mol. The predicted octanol–water partition coefficient (Wildman–Crippen LogP) is 4.45. The maximum absolute atomic E-state index is 15.3. The summed E-state index contributed by atoms with van der Waals surface area (Å²) in [5.74, 6) is -0.313. The number of hydrogen-bond donors (Lipinski definition) is 2. The van der Waals surface area contributed by atoms with Gasteiger partial charge in [-0.05, 0) is 64.1 Å². The van der Waals surface area contributed by atoms with E-state index in [4.69, 9.17) is 11.6 Å². The molecule has 1 aliphatic rings. The number of aromatic nitrogens is 4. The van der Waals surface area contributed by atoms with Crippen molar-refractivity contribution in [2.24, 2.45) is 0 Å². The zero-order valence-electron chi connectivity index (χ0n) is 23.8.